The van der Waals surface area contributed by atoms with Gasteiger partial charge >= 0.3 is 12.1 Å². The SMILES string of the molecule is CN1CCN(C2CC(C(=O)O)CN(C(=O)OC(C)(C)C)C2)CC1. The van der Waals surface area contributed by atoms with Crippen LogP contribution in [0.25, 0.3) is 0 Å². The molecule has 0 aromatic rings. The van der Waals surface area contributed by atoms with E-state index >= 15 is 0 Å². The van der Waals surface area contributed by atoms with Crippen LogP contribution in [0.15, 0.2) is 0 Å². The summed E-state index contributed by atoms with van der Waals surface area (Å²) in [6, 6.07) is 0.0890. The van der Waals surface area contributed by atoms with Crippen molar-refractivity contribution in [1.29, 1.82) is 0 Å². The van der Waals surface area contributed by atoms with Crippen molar-refractivity contribution < 1.29 is 19.4 Å². The molecule has 1 amide bonds. The van der Waals surface area contributed by atoms with Crippen LogP contribution in [0.4, 0.5) is 4.79 Å². The van der Waals surface area contributed by atoms with Crippen molar-refractivity contribution in [3.63, 3.8) is 0 Å². The van der Waals surface area contributed by atoms with Crippen LogP contribution in [0.5, 0.6) is 0 Å². The molecule has 23 heavy (non-hydrogen) atoms. The molecule has 7 nitrogen and oxygen atoms in total. The first-order chi connectivity index (χ1) is 10.7. The maximum Gasteiger partial charge on any atom is 0.410 e. The molecule has 2 heterocycles. The average molecular weight is 327 g/mol. The van der Waals surface area contributed by atoms with Gasteiger partial charge < -0.3 is 19.6 Å². The normalized spacial score (nSPS) is 27.7. The van der Waals surface area contributed by atoms with Gasteiger partial charge in [0.05, 0.1) is 5.92 Å². The van der Waals surface area contributed by atoms with Gasteiger partial charge in [0.1, 0.15) is 5.60 Å². The molecular formula is C16H29N3O4. The minimum atomic E-state index is -0.836. The fourth-order valence-electron chi connectivity index (χ4n) is 3.18. The Kier molecular flexibility index (Phi) is 5.52. The number of ether oxygens (including phenoxy) is 1. The summed E-state index contributed by atoms with van der Waals surface area (Å²) < 4.78 is 5.43. The van der Waals surface area contributed by atoms with Crippen molar-refractivity contribution >= 4 is 12.1 Å². The molecule has 0 spiro atoms. The highest BCUT2D eigenvalue weighted by molar-refractivity contribution is 5.73. The lowest BCUT2D eigenvalue weighted by molar-refractivity contribution is -0.144. The number of aliphatic carboxylic acids is 1. The number of carboxylic acids is 1. The lowest BCUT2D eigenvalue weighted by atomic mass is 9.93. The van der Waals surface area contributed by atoms with Crippen molar-refractivity contribution in [2.45, 2.75) is 38.8 Å². The van der Waals surface area contributed by atoms with Crippen molar-refractivity contribution in [3.8, 4) is 0 Å². The predicted octanol–water partition coefficient (Wildman–Crippen LogP) is 0.944. The smallest absolute Gasteiger partial charge is 0.410 e. The zero-order valence-corrected chi connectivity index (χ0v) is 14.6. The van der Waals surface area contributed by atoms with Crippen molar-refractivity contribution in [2.75, 3.05) is 46.3 Å². The highest BCUT2D eigenvalue weighted by Gasteiger charge is 2.38. The van der Waals surface area contributed by atoms with E-state index in [0.29, 0.717) is 13.0 Å². The van der Waals surface area contributed by atoms with E-state index in [0.717, 1.165) is 26.2 Å². The maximum atomic E-state index is 12.3. The van der Waals surface area contributed by atoms with Gasteiger partial charge in [-0.2, -0.15) is 0 Å². The zero-order chi connectivity index (χ0) is 17.2. The van der Waals surface area contributed by atoms with Gasteiger partial charge in [-0.3, -0.25) is 9.69 Å². The number of hydrogen-bond donors (Lipinski definition) is 1. The highest BCUT2D eigenvalue weighted by Crippen LogP contribution is 2.24. The number of amides is 1. The summed E-state index contributed by atoms with van der Waals surface area (Å²) in [6.07, 6.45) is 0.181. The molecule has 0 aliphatic carbocycles. The topological polar surface area (TPSA) is 73.3 Å². The molecule has 2 aliphatic heterocycles. The Hall–Kier alpha value is -1.34. The van der Waals surface area contributed by atoms with Crippen LogP contribution in [0.1, 0.15) is 27.2 Å². The fraction of sp³-hybridized carbons (Fsp3) is 0.875. The molecular weight excluding hydrogens is 298 g/mol. The van der Waals surface area contributed by atoms with E-state index in [2.05, 4.69) is 16.8 Å². The number of piperazine rings is 1. The summed E-state index contributed by atoms with van der Waals surface area (Å²) in [4.78, 5) is 30.0. The van der Waals surface area contributed by atoms with E-state index in [1.165, 1.54) is 0 Å². The van der Waals surface area contributed by atoms with Crippen LogP contribution in [-0.4, -0.2) is 89.8 Å². The number of likely N-dealkylation sites (tertiary alicyclic amines) is 1. The molecule has 0 saturated carbocycles. The van der Waals surface area contributed by atoms with Gasteiger partial charge in [0.2, 0.25) is 0 Å². The number of rotatable bonds is 2. The number of carbonyl (C=O) groups excluding carboxylic acids is 1. The minimum Gasteiger partial charge on any atom is -0.481 e. The van der Waals surface area contributed by atoms with Gasteiger partial charge in [0.15, 0.2) is 0 Å². The summed E-state index contributed by atoms with van der Waals surface area (Å²) >= 11 is 0. The lowest BCUT2D eigenvalue weighted by Gasteiger charge is -2.44. The number of piperidine rings is 1. The van der Waals surface area contributed by atoms with Crippen molar-refractivity contribution in [2.24, 2.45) is 5.92 Å². The first kappa shape index (κ1) is 18.0. The number of nitrogens with zero attached hydrogens (tertiary/aromatic N) is 3. The molecule has 2 fully saturated rings. The summed E-state index contributed by atoms with van der Waals surface area (Å²) in [6.45, 7) is 10.0. The van der Waals surface area contributed by atoms with E-state index < -0.39 is 23.6 Å². The van der Waals surface area contributed by atoms with Crippen LogP contribution in [0.3, 0.4) is 0 Å². The second kappa shape index (κ2) is 7.05. The van der Waals surface area contributed by atoms with Crippen LogP contribution < -0.4 is 0 Å². The van der Waals surface area contributed by atoms with Crippen LogP contribution in [0, 0.1) is 5.92 Å². The Balaban J connectivity index is 2.05. The predicted molar refractivity (Wildman–Crippen MR) is 86.4 cm³/mol. The molecule has 1 N–H and O–H groups in total. The Morgan fingerprint density at radius 2 is 1.70 bits per heavy atom. The third-order valence-electron chi connectivity index (χ3n) is 4.48. The molecule has 0 radical (unpaired) electrons. The summed E-state index contributed by atoms with van der Waals surface area (Å²) in [5, 5.41) is 9.42. The maximum absolute atomic E-state index is 12.3. The third kappa shape index (κ3) is 5.07. The van der Waals surface area contributed by atoms with Gasteiger partial charge in [-0.1, -0.05) is 0 Å². The molecule has 2 unspecified atom stereocenters. The molecule has 132 valence electrons. The Morgan fingerprint density at radius 1 is 1.09 bits per heavy atom. The fourth-order valence-corrected chi connectivity index (χ4v) is 3.18. The first-order valence-electron chi connectivity index (χ1n) is 8.29. The summed E-state index contributed by atoms with van der Waals surface area (Å²) in [5.41, 5.74) is -0.573. The average Bonchev–Trinajstić information content (AvgIpc) is 2.45. The van der Waals surface area contributed by atoms with Crippen molar-refractivity contribution in [1.82, 2.24) is 14.7 Å². The van der Waals surface area contributed by atoms with E-state index in [1.807, 2.05) is 20.8 Å². The molecule has 0 aromatic carbocycles. The second-order valence-electron chi connectivity index (χ2n) is 7.65. The Morgan fingerprint density at radius 3 is 2.22 bits per heavy atom. The number of hydrogen-bond acceptors (Lipinski definition) is 5. The second-order valence-corrected chi connectivity index (χ2v) is 7.65. The van der Waals surface area contributed by atoms with Gasteiger partial charge in [-0.15, -0.1) is 0 Å². The largest absolute Gasteiger partial charge is 0.481 e. The first-order valence-corrected chi connectivity index (χ1v) is 8.29. The standard InChI is InChI=1S/C16H29N3O4/c1-16(2,3)23-15(22)19-10-12(14(20)21)9-13(11-19)18-7-5-17(4)6-8-18/h12-13H,5-11H2,1-4H3,(H,20,21). The van der Waals surface area contributed by atoms with E-state index in [-0.39, 0.29) is 12.6 Å². The lowest BCUT2D eigenvalue weighted by Crippen LogP contribution is -2.58. The molecule has 2 rings (SSSR count). The molecule has 2 aliphatic rings. The zero-order valence-electron chi connectivity index (χ0n) is 14.6. The van der Waals surface area contributed by atoms with E-state index in [1.54, 1.807) is 4.90 Å². The number of carbonyl (C=O) groups is 2. The Bertz CT molecular complexity index is 441. The molecule has 2 atom stereocenters. The highest BCUT2D eigenvalue weighted by atomic mass is 16.6. The number of likely N-dealkylation sites (N-methyl/N-ethyl adjacent to an activating group) is 1. The van der Waals surface area contributed by atoms with Crippen molar-refractivity contribution in [3.05, 3.63) is 0 Å². The van der Waals surface area contributed by atoms with Gasteiger partial charge in [-0.25, -0.2) is 4.79 Å². The monoisotopic (exact) mass is 327 g/mol. The molecule has 2 saturated heterocycles. The summed E-state index contributed by atoms with van der Waals surface area (Å²) in [5.74, 6) is -1.36. The molecule has 0 bridgehead atoms. The van der Waals surface area contributed by atoms with Gasteiger partial charge in [0, 0.05) is 45.3 Å². The molecule has 0 aromatic heterocycles. The molecule has 7 heteroatoms. The summed E-state index contributed by atoms with van der Waals surface area (Å²) in [7, 11) is 2.09. The third-order valence-corrected chi connectivity index (χ3v) is 4.48. The van der Waals surface area contributed by atoms with Crippen LogP contribution in [0.2, 0.25) is 0 Å². The van der Waals surface area contributed by atoms with E-state index in [9.17, 15) is 14.7 Å². The number of carboxylic acid groups (broad SMARTS) is 1. The Labute approximate surface area is 138 Å². The van der Waals surface area contributed by atoms with E-state index in [4.69, 9.17) is 4.74 Å². The minimum absolute atomic E-state index is 0.0890. The quantitative estimate of drug-likeness (QED) is 0.814. The van der Waals surface area contributed by atoms with Gasteiger partial charge in [0.25, 0.3) is 0 Å². The van der Waals surface area contributed by atoms with Crippen LogP contribution in [-0.2, 0) is 9.53 Å². The van der Waals surface area contributed by atoms with Gasteiger partial charge in [-0.05, 0) is 34.2 Å². The van der Waals surface area contributed by atoms with Crippen LogP contribution >= 0.6 is 0 Å².